The molecular weight excluding hydrogens is 356 g/mol. The lowest BCUT2D eigenvalue weighted by molar-refractivity contribution is -0.116. The minimum atomic E-state index is -0.503. The van der Waals surface area contributed by atoms with Gasteiger partial charge in [0.15, 0.2) is 11.5 Å². The highest BCUT2D eigenvalue weighted by Crippen LogP contribution is 2.30. The van der Waals surface area contributed by atoms with Crippen LogP contribution in [-0.2, 0) is 4.79 Å². The van der Waals surface area contributed by atoms with Crippen molar-refractivity contribution in [3.05, 3.63) is 77.4 Å². The molecule has 0 aliphatic carbocycles. The first kappa shape index (κ1) is 20.5. The summed E-state index contributed by atoms with van der Waals surface area (Å²) >= 11 is 0. The Bertz CT molecular complexity index is 971. The van der Waals surface area contributed by atoms with Crippen molar-refractivity contribution < 1.29 is 19.1 Å². The number of rotatable bonds is 7. The zero-order chi connectivity index (χ0) is 20.5. The van der Waals surface area contributed by atoms with Gasteiger partial charge in [-0.05, 0) is 42.3 Å². The van der Waals surface area contributed by atoms with Crippen molar-refractivity contribution in [2.75, 3.05) is 13.7 Å². The van der Waals surface area contributed by atoms with E-state index in [1.54, 1.807) is 30.3 Å². The van der Waals surface area contributed by atoms with E-state index < -0.39 is 11.9 Å². The standard InChI is InChI=1S/C22H20N2O4/c1-4-11-24-21(25)17(14-23)12-16-9-10-19(20(13-16)27-3)28-22(26)18-8-6-5-7-15(18)2/h4-10,12-13H,1,11H2,2-3H3,(H,24,25)/b17-12-. The van der Waals surface area contributed by atoms with E-state index in [2.05, 4.69) is 11.9 Å². The van der Waals surface area contributed by atoms with E-state index in [0.29, 0.717) is 16.9 Å². The van der Waals surface area contributed by atoms with Crippen LogP contribution in [0, 0.1) is 18.3 Å². The molecule has 0 saturated carbocycles. The van der Waals surface area contributed by atoms with Crippen LogP contribution in [0.25, 0.3) is 6.08 Å². The lowest BCUT2D eigenvalue weighted by Crippen LogP contribution is -2.24. The summed E-state index contributed by atoms with van der Waals surface area (Å²) < 4.78 is 10.7. The van der Waals surface area contributed by atoms with E-state index in [1.165, 1.54) is 19.3 Å². The van der Waals surface area contributed by atoms with Crippen LogP contribution < -0.4 is 14.8 Å². The fraction of sp³-hybridized carbons (Fsp3) is 0.136. The van der Waals surface area contributed by atoms with Gasteiger partial charge >= 0.3 is 5.97 Å². The van der Waals surface area contributed by atoms with E-state index in [1.807, 2.05) is 25.1 Å². The number of amides is 1. The number of methoxy groups -OCH3 is 1. The third-order valence-corrected chi connectivity index (χ3v) is 3.84. The molecule has 0 spiro atoms. The second kappa shape index (κ2) is 9.74. The maximum Gasteiger partial charge on any atom is 0.343 e. The monoisotopic (exact) mass is 376 g/mol. The Kier molecular flexibility index (Phi) is 7.12. The molecule has 0 bridgehead atoms. The molecule has 6 heteroatoms. The predicted molar refractivity (Wildman–Crippen MR) is 106 cm³/mol. The number of carbonyl (C=O) groups is 2. The molecule has 0 unspecified atom stereocenters. The first-order valence-corrected chi connectivity index (χ1v) is 8.47. The molecule has 0 atom stereocenters. The van der Waals surface area contributed by atoms with Crippen molar-refractivity contribution in [2.45, 2.75) is 6.92 Å². The van der Waals surface area contributed by atoms with Gasteiger partial charge in [0.1, 0.15) is 11.6 Å². The Balaban J connectivity index is 2.26. The number of nitrogens with zero attached hydrogens (tertiary/aromatic N) is 1. The number of hydrogen-bond acceptors (Lipinski definition) is 5. The molecule has 2 rings (SSSR count). The minimum absolute atomic E-state index is 0.0615. The molecule has 0 aliphatic heterocycles. The van der Waals surface area contributed by atoms with Crippen LogP contribution in [0.2, 0.25) is 0 Å². The van der Waals surface area contributed by atoms with Gasteiger partial charge < -0.3 is 14.8 Å². The summed E-state index contributed by atoms with van der Waals surface area (Å²) in [5.41, 5.74) is 1.75. The Morgan fingerprint density at radius 3 is 2.61 bits per heavy atom. The predicted octanol–water partition coefficient (Wildman–Crippen LogP) is 3.43. The number of aryl methyl sites for hydroxylation is 1. The summed E-state index contributed by atoms with van der Waals surface area (Å²) in [7, 11) is 1.44. The van der Waals surface area contributed by atoms with Crippen LogP contribution in [0.4, 0.5) is 0 Å². The number of nitriles is 1. The fourth-order valence-corrected chi connectivity index (χ4v) is 2.39. The maximum absolute atomic E-state index is 12.4. The topological polar surface area (TPSA) is 88.4 Å². The van der Waals surface area contributed by atoms with Crippen molar-refractivity contribution in [3.63, 3.8) is 0 Å². The van der Waals surface area contributed by atoms with Crippen LogP contribution in [0.1, 0.15) is 21.5 Å². The lowest BCUT2D eigenvalue weighted by Gasteiger charge is -2.11. The average Bonchev–Trinajstić information content (AvgIpc) is 2.71. The smallest absolute Gasteiger partial charge is 0.343 e. The molecule has 28 heavy (non-hydrogen) atoms. The number of ether oxygens (including phenoxy) is 2. The van der Waals surface area contributed by atoms with Crippen LogP contribution in [0.15, 0.2) is 60.7 Å². The van der Waals surface area contributed by atoms with Crippen LogP contribution in [0.5, 0.6) is 11.5 Å². The summed E-state index contributed by atoms with van der Waals surface area (Å²) in [6.45, 7) is 5.59. The second-order valence-electron chi connectivity index (χ2n) is 5.78. The van der Waals surface area contributed by atoms with Gasteiger partial charge in [0.2, 0.25) is 0 Å². The third-order valence-electron chi connectivity index (χ3n) is 3.84. The molecule has 1 N–H and O–H groups in total. The quantitative estimate of drug-likeness (QED) is 0.263. The highest BCUT2D eigenvalue weighted by Gasteiger charge is 2.15. The van der Waals surface area contributed by atoms with Gasteiger partial charge in [-0.1, -0.05) is 30.3 Å². The van der Waals surface area contributed by atoms with Crippen molar-refractivity contribution in [1.82, 2.24) is 5.32 Å². The maximum atomic E-state index is 12.4. The van der Waals surface area contributed by atoms with Crippen LogP contribution >= 0.6 is 0 Å². The van der Waals surface area contributed by atoms with E-state index in [4.69, 9.17) is 9.47 Å². The van der Waals surface area contributed by atoms with Gasteiger partial charge in [0, 0.05) is 6.54 Å². The summed E-state index contributed by atoms with van der Waals surface area (Å²) in [5.74, 6) is -0.459. The summed E-state index contributed by atoms with van der Waals surface area (Å²) in [6, 6.07) is 13.7. The molecule has 6 nitrogen and oxygen atoms in total. The van der Waals surface area contributed by atoms with Gasteiger partial charge in [0.05, 0.1) is 12.7 Å². The van der Waals surface area contributed by atoms with Crippen molar-refractivity contribution in [2.24, 2.45) is 0 Å². The highest BCUT2D eigenvalue weighted by molar-refractivity contribution is 6.01. The number of carbonyl (C=O) groups excluding carboxylic acids is 2. The first-order chi connectivity index (χ1) is 13.5. The molecule has 142 valence electrons. The molecule has 2 aromatic rings. The number of hydrogen-bond donors (Lipinski definition) is 1. The van der Waals surface area contributed by atoms with E-state index in [9.17, 15) is 14.9 Å². The van der Waals surface area contributed by atoms with Crippen LogP contribution in [0.3, 0.4) is 0 Å². The van der Waals surface area contributed by atoms with Gasteiger partial charge in [-0.25, -0.2) is 4.79 Å². The van der Waals surface area contributed by atoms with Gasteiger partial charge in [-0.3, -0.25) is 4.79 Å². The largest absolute Gasteiger partial charge is 0.493 e. The number of benzene rings is 2. The zero-order valence-electron chi connectivity index (χ0n) is 15.7. The SMILES string of the molecule is C=CCNC(=O)/C(C#N)=C\c1ccc(OC(=O)c2ccccc2C)c(OC)c1. The average molecular weight is 376 g/mol. The van der Waals surface area contributed by atoms with Crippen molar-refractivity contribution >= 4 is 18.0 Å². The fourth-order valence-electron chi connectivity index (χ4n) is 2.39. The second-order valence-corrected chi connectivity index (χ2v) is 5.78. The molecule has 0 aliphatic rings. The third kappa shape index (κ3) is 5.08. The number of esters is 1. The molecule has 2 aromatic carbocycles. The minimum Gasteiger partial charge on any atom is -0.493 e. The summed E-state index contributed by atoms with van der Waals surface area (Å²) in [4.78, 5) is 24.4. The van der Waals surface area contributed by atoms with E-state index >= 15 is 0 Å². The number of nitrogens with one attached hydrogen (secondary N) is 1. The normalized spacial score (nSPS) is 10.5. The molecule has 0 saturated heterocycles. The van der Waals surface area contributed by atoms with Crippen molar-refractivity contribution in [1.29, 1.82) is 5.26 Å². The van der Waals surface area contributed by atoms with Gasteiger partial charge in [-0.2, -0.15) is 5.26 Å². The Labute approximate surface area is 163 Å². The lowest BCUT2D eigenvalue weighted by atomic mass is 10.1. The van der Waals surface area contributed by atoms with E-state index in [-0.39, 0.29) is 17.9 Å². The molecule has 0 radical (unpaired) electrons. The zero-order valence-corrected chi connectivity index (χ0v) is 15.7. The Morgan fingerprint density at radius 2 is 1.96 bits per heavy atom. The first-order valence-electron chi connectivity index (χ1n) is 8.47. The molecule has 1 amide bonds. The summed E-state index contributed by atoms with van der Waals surface area (Å²) in [5, 5.41) is 11.7. The molecule has 0 heterocycles. The Morgan fingerprint density at radius 1 is 1.21 bits per heavy atom. The summed E-state index contributed by atoms with van der Waals surface area (Å²) in [6.07, 6.45) is 2.95. The van der Waals surface area contributed by atoms with Crippen LogP contribution in [-0.4, -0.2) is 25.5 Å². The van der Waals surface area contributed by atoms with Crippen molar-refractivity contribution in [3.8, 4) is 17.6 Å². The molecule has 0 aromatic heterocycles. The van der Waals surface area contributed by atoms with Gasteiger partial charge in [0.25, 0.3) is 5.91 Å². The molecule has 0 fully saturated rings. The highest BCUT2D eigenvalue weighted by atomic mass is 16.6. The van der Waals surface area contributed by atoms with Gasteiger partial charge in [-0.15, -0.1) is 6.58 Å². The van der Waals surface area contributed by atoms with E-state index in [0.717, 1.165) is 5.56 Å². The molecular formula is C22H20N2O4. The Hall–Kier alpha value is -3.85.